The van der Waals surface area contributed by atoms with Crippen LogP contribution in [0.5, 0.6) is 0 Å². The molecule has 0 radical (unpaired) electrons. The molecule has 5 N–H and O–H groups in total. The third-order valence-electron chi connectivity index (χ3n) is 11.1. The zero-order chi connectivity index (χ0) is 48.8. The number of esters is 1. The van der Waals surface area contributed by atoms with E-state index in [1.54, 1.807) is 68.8 Å². The zero-order valence-corrected chi connectivity index (χ0v) is 39.2. The molecule has 1 aromatic heterocycles. The van der Waals surface area contributed by atoms with Gasteiger partial charge in [-0.3, -0.25) is 33.7 Å². The van der Waals surface area contributed by atoms with Crippen molar-refractivity contribution in [2.45, 2.75) is 143 Å². The Morgan fingerprint density at radius 2 is 1.73 bits per heavy atom. The van der Waals surface area contributed by atoms with Gasteiger partial charge in [0.1, 0.15) is 28.9 Å². The van der Waals surface area contributed by atoms with Crippen molar-refractivity contribution in [3.05, 3.63) is 45.9 Å². The minimum Gasteiger partial charge on any atom is -0.481 e. The van der Waals surface area contributed by atoms with E-state index in [1.807, 2.05) is 27.7 Å². The van der Waals surface area contributed by atoms with E-state index >= 15 is 0 Å². The minimum atomic E-state index is -1.19. The first-order valence-corrected chi connectivity index (χ1v) is 22.3. The van der Waals surface area contributed by atoms with Crippen LogP contribution in [0.3, 0.4) is 0 Å². The molecule has 5 amide bonds. The Hall–Kier alpha value is -5.10. The van der Waals surface area contributed by atoms with Crippen LogP contribution in [0.2, 0.25) is 0 Å². The highest BCUT2D eigenvalue weighted by molar-refractivity contribution is 7.09. The number of aromatic nitrogens is 1. The Labute approximate surface area is 378 Å². The number of likely N-dealkylation sites (N-methyl/N-ethyl adjacent to an activating group) is 2. The highest BCUT2D eigenvalue weighted by atomic mass is 32.1. The first-order valence-electron chi connectivity index (χ1n) is 22.8. The van der Waals surface area contributed by atoms with E-state index in [0.717, 1.165) is 16.9 Å². The van der Waals surface area contributed by atoms with Gasteiger partial charge < -0.3 is 40.7 Å². The number of nitrogens with one attached hydrogen (secondary N) is 4. The molecular formula is C45H69N7O10S. The van der Waals surface area contributed by atoms with Crippen LogP contribution in [0.15, 0.2) is 29.6 Å². The molecule has 2 heterocycles. The van der Waals surface area contributed by atoms with Crippen molar-refractivity contribution in [3.63, 3.8) is 0 Å². The van der Waals surface area contributed by atoms with Gasteiger partial charge in [-0.15, -0.1) is 11.3 Å². The first kappa shape index (κ1) is 48.9. The highest BCUT2D eigenvalue weighted by Crippen LogP contribution is 2.32. The molecule has 350 valence electrons. The van der Waals surface area contributed by atoms with Gasteiger partial charge in [-0.1, -0.05) is 53.2 Å². The molecule has 1 aliphatic heterocycles. The predicted molar refractivity (Wildman–Crippen MR) is 240 cm³/mol. The lowest BCUT2D eigenvalue weighted by atomic mass is 9.91. The Morgan fingerprint density at radius 3 is 2.30 bits per heavy atom. The predicted octanol–water partition coefficient (Wildman–Crippen LogP) is 5.55. The van der Waals surface area contributed by atoms with E-state index in [0.29, 0.717) is 36.5 Å². The van der Waals surface area contributed by atoms with Crippen molar-refractivity contribution in [3.8, 4) is 0 Å². The van der Waals surface area contributed by atoms with E-state index in [2.05, 4.69) is 26.3 Å². The number of benzene rings is 1. The van der Waals surface area contributed by atoms with E-state index in [1.165, 1.54) is 12.3 Å². The van der Waals surface area contributed by atoms with Crippen LogP contribution >= 0.6 is 11.3 Å². The zero-order valence-electron chi connectivity index (χ0n) is 40.4. The number of aliphatic carboxylic acids is 1. The van der Waals surface area contributed by atoms with Crippen molar-refractivity contribution in [1.82, 2.24) is 30.7 Å². The lowest BCUT2D eigenvalue weighted by Gasteiger charge is -2.38. The fourth-order valence-electron chi connectivity index (χ4n) is 7.23. The van der Waals surface area contributed by atoms with Gasteiger partial charge >= 0.3 is 18.0 Å². The number of carbonyl (C=O) groups excluding carboxylic acids is 6. The number of hydrogen-bond donors (Lipinski definition) is 5. The van der Waals surface area contributed by atoms with Crippen LogP contribution in [0.4, 0.5) is 10.5 Å². The van der Waals surface area contributed by atoms with Crippen molar-refractivity contribution >= 4 is 58.7 Å². The van der Waals surface area contributed by atoms with Crippen molar-refractivity contribution < 1.29 is 50.9 Å². The van der Waals surface area contributed by atoms with E-state index < -0.39 is 77.0 Å². The van der Waals surface area contributed by atoms with Crippen LogP contribution in [-0.2, 0) is 39.9 Å². The highest BCUT2D eigenvalue weighted by Gasteiger charge is 2.44. The first-order chi connectivity index (χ1) is 30.4. The summed E-state index contributed by atoms with van der Waals surface area (Å²) in [5, 5.41) is 22.5. The van der Waals surface area contributed by atoms with E-state index in [-0.39, 0.29) is 63.2 Å². The number of amides is 5. The molecule has 17 nitrogen and oxygen atoms in total. The molecule has 1 saturated heterocycles. The lowest BCUT2D eigenvalue weighted by molar-refractivity contribution is -0.149. The molecule has 63 heavy (non-hydrogen) atoms. The van der Waals surface area contributed by atoms with Crippen LogP contribution in [-0.4, -0.2) is 118 Å². The smallest absolute Gasteiger partial charge is 0.408 e. The van der Waals surface area contributed by atoms with E-state index in [9.17, 15) is 38.7 Å². The molecule has 0 saturated carbocycles. The number of likely N-dealkylation sites (tertiary alicyclic amines) is 1. The monoisotopic (exact) mass is 901 g/mol. The number of thiazole rings is 1. The average molecular weight is 902 g/mol. The largest absolute Gasteiger partial charge is 0.481 e. The number of carboxylic acids is 1. The molecule has 0 aliphatic carbocycles. The molecule has 18 heteroatoms. The number of rotatable bonds is 21. The molecule has 1 fully saturated rings. The lowest BCUT2D eigenvalue weighted by Crippen LogP contribution is -2.60. The molecule has 3 rings (SSSR count). The normalized spacial score (nSPS) is 18.7. The maximum Gasteiger partial charge on any atom is 0.408 e. The van der Waals surface area contributed by atoms with Crippen molar-refractivity contribution in [2.24, 2.45) is 17.8 Å². The van der Waals surface area contributed by atoms with Gasteiger partial charge in [0, 0.05) is 46.3 Å². The fourth-order valence-corrected chi connectivity index (χ4v) is 8.07. The third kappa shape index (κ3) is 15.6. The summed E-state index contributed by atoms with van der Waals surface area (Å²) in [7, 11) is 1.50. The Balaban J connectivity index is 1.78. The molecule has 0 unspecified atom stereocenters. The van der Waals surface area contributed by atoms with Crippen LogP contribution in [0.1, 0.15) is 131 Å². The summed E-state index contributed by atoms with van der Waals surface area (Å²) in [5.41, 5.74) is -0.691. The molecule has 0 spiro atoms. The van der Waals surface area contributed by atoms with Gasteiger partial charge in [0.15, 0.2) is 6.10 Å². The van der Waals surface area contributed by atoms with Gasteiger partial charge in [-0.2, -0.15) is 0 Å². The number of ether oxygens (including phenoxy) is 2. The average Bonchev–Trinajstić information content (AvgIpc) is 3.91. The summed E-state index contributed by atoms with van der Waals surface area (Å²) in [6, 6.07) is 4.67. The maximum atomic E-state index is 14.4. The van der Waals surface area contributed by atoms with Crippen LogP contribution < -0.4 is 21.3 Å². The van der Waals surface area contributed by atoms with E-state index in [4.69, 9.17) is 12.2 Å². The molecule has 7 atom stereocenters. The van der Waals surface area contributed by atoms with Gasteiger partial charge in [0.05, 0.1) is 11.5 Å². The van der Waals surface area contributed by atoms with Gasteiger partial charge in [-0.25, -0.2) is 9.78 Å². The second-order valence-electron chi connectivity index (χ2n) is 17.9. The van der Waals surface area contributed by atoms with Crippen molar-refractivity contribution in [2.75, 3.05) is 32.5 Å². The molecule has 1 aliphatic rings. The Kier molecular flexibility index (Phi) is 17.9. The number of alkyl carbamates (subject to hydrolysis) is 1. The summed E-state index contributed by atoms with van der Waals surface area (Å²) in [6.45, 7) is 15.5. The molecule has 0 bridgehead atoms. The van der Waals surface area contributed by atoms with Gasteiger partial charge in [0.25, 0.3) is 5.91 Å². The molecule has 2 aromatic rings. The summed E-state index contributed by atoms with van der Waals surface area (Å²) in [5.74, 6) is -4.71. The van der Waals surface area contributed by atoms with Crippen LogP contribution in [0, 0.1) is 17.8 Å². The summed E-state index contributed by atoms with van der Waals surface area (Å²) < 4.78 is 27.1. The summed E-state index contributed by atoms with van der Waals surface area (Å²) in [6.07, 6.45) is 0.432. The van der Waals surface area contributed by atoms with Crippen molar-refractivity contribution in [1.29, 1.82) is 0 Å². The number of hydrogen-bond acceptors (Lipinski definition) is 12. The Morgan fingerprint density at radius 1 is 1.05 bits per heavy atom. The maximum absolute atomic E-state index is 14.4. The quantitative estimate of drug-likeness (QED) is 0.0973. The SMILES string of the molecule is [2H]CN1CCC[C@@]1(C[2H])C(=O)N[C@H](C(=O)N(C)[C@H](C[C@@H](OC(C)=O)c1nc(C(=O)N[C@@H](Cc2ccc(NC(=O)CNC(=O)OC(C)(C)C)cc2)C[C@H](C)C(=O)O)cs1)C(C)C)[C@@H](C)CC. The summed E-state index contributed by atoms with van der Waals surface area (Å²) >= 11 is 1.10. The van der Waals surface area contributed by atoms with Crippen LogP contribution in [0.25, 0.3) is 0 Å². The number of anilines is 1. The number of carboxylic acid groups (broad SMARTS) is 1. The molecular weight excluding hydrogens is 831 g/mol. The van der Waals surface area contributed by atoms with Gasteiger partial charge in [-0.05, 0) is 96.5 Å². The second-order valence-corrected chi connectivity index (χ2v) is 18.7. The number of carbonyl (C=O) groups is 7. The second kappa shape index (κ2) is 23.0. The Bertz CT molecular complexity index is 1960. The van der Waals surface area contributed by atoms with Gasteiger partial charge in [0.2, 0.25) is 17.7 Å². The topological polar surface area (TPSA) is 226 Å². The number of nitrogens with zero attached hydrogens (tertiary/aromatic N) is 3. The standard InChI is InChI=1S/C45H69N7O10S/c1-13-27(4)37(50-42(59)45(10)19-14-20-51(45)11)40(56)52(12)34(26(2)3)23-35(61-29(6)53)39-49-33(25-63-39)38(55)48-32(21-28(5)41(57)58)22-30-15-17-31(18-16-30)47-36(54)24-46-43(60)62-44(7,8)9/h15-18,25-28,32,34-35,37H,13-14,19-24H2,1-12H3,(H,46,60)(H,47,54)(H,48,55)(H,50,59)(H,57,58)/t27-,28-,32+,34+,35+,37-,45-/m0/s1/i10D,11D. The summed E-state index contributed by atoms with van der Waals surface area (Å²) in [4.78, 5) is 98.5. The fraction of sp³-hybridized carbons (Fsp3) is 0.644. The molecule has 1 aromatic carbocycles. The minimum absolute atomic E-state index is 0.0233. The third-order valence-corrected chi connectivity index (χ3v) is 12.1.